The van der Waals surface area contributed by atoms with Crippen LogP contribution in [0.25, 0.3) is 0 Å². The molecule has 0 atom stereocenters. The van der Waals surface area contributed by atoms with Crippen molar-refractivity contribution in [3.63, 3.8) is 0 Å². The molecule has 0 radical (unpaired) electrons. The third-order valence-corrected chi connectivity index (χ3v) is 3.55. The normalized spacial score (nSPS) is 10.8. The number of anilines is 3. The van der Waals surface area contributed by atoms with Gasteiger partial charge in [-0.3, -0.25) is 5.43 Å². The molecular formula is C18H19FN8O. The molecule has 0 aliphatic heterocycles. The average molecular weight is 382 g/mol. The van der Waals surface area contributed by atoms with Crippen molar-refractivity contribution in [2.45, 2.75) is 6.54 Å². The molecule has 0 unspecified atom stereocenters. The monoisotopic (exact) mass is 382 g/mol. The first-order chi connectivity index (χ1) is 13.6. The first-order valence-electron chi connectivity index (χ1n) is 8.30. The van der Waals surface area contributed by atoms with E-state index in [-0.39, 0.29) is 23.7 Å². The molecule has 0 saturated heterocycles. The summed E-state index contributed by atoms with van der Waals surface area (Å²) < 4.78 is 18.0. The van der Waals surface area contributed by atoms with Crippen LogP contribution in [0.5, 0.6) is 5.75 Å². The molecule has 10 heteroatoms. The van der Waals surface area contributed by atoms with E-state index in [1.165, 1.54) is 12.1 Å². The largest absolute Gasteiger partial charge is 0.497 e. The quantitative estimate of drug-likeness (QED) is 0.345. The zero-order chi connectivity index (χ0) is 19.8. The molecule has 144 valence electrons. The Labute approximate surface area is 160 Å². The maximum atomic E-state index is 12.9. The highest BCUT2D eigenvalue weighted by atomic mass is 19.1. The molecule has 3 aromatic rings. The second-order valence-corrected chi connectivity index (χ2v) is 5.59. The average Bonchev–Trinajstić information content (AvgIpc) is 2.70. The minimum Gasteiger partial charge on any atom is -0.497 e. The Hall–Kier alpha value is -3.79. The van der Waals surface area contributed by atoms with Crippen LogP contribution in [0.15, 0.2) is 53.6 Å². The van der Waals surface area contributed by atoms with Gasteiger partial charge in [-0.25, -0.2) is 15.2 Å². The van der Waals surface area contributed by atoms with Crippen LogP contribution in [0.3, 0.4) is 0 Å². The summed E-state index contributed by atoms with van der Waals surface area (Å²) in [5.74, 6) is 0.912. The number of nitrogens with zero attached hydrogens (tertiary/aromatic N) is 4. The highest BCUT2D eigenvalue weighted by molar-refractivity contribution is 5.80. The Bertz CT molecular complexity index is 931. The van der Waals surface area contributed by atoms with Crippen LogP contribution in [-0.4, -0.2) is 28.3 Å². The molecule has 0 amide bonds. The lowest BCUT2D eigenvalue weighted by molar-refractivity contribution is 0.415. The van der Waals surface area contributed by atoms with E-state index in [1.54, 1.807) is 25.5 Å². The molecule has 0 aliphatic carbocycles. The number of rotatable bonds is 8. The number of hydrogen-bond acceptors (Lipinski definition) is 9. The number of hydrazine groups is 1. The van der Waals surface area contributed by atoms with E-state index in [9.17, 15) is 4.39 Å². The Morgan fingerprint density at radius 2 is 1.75 bits per heavy atom. The van der Waals surface area contributed by atoms with Gasteiger partial charge in [-0.15, -0.1) is 0 Å². The van der Waals surface area contributed by atoms with Gasteiger partial charge in [0.1, 0.15) is 11.6 Å². The number of hydrogen-bond donors (Lipinski definition) is 4. The molecule has 0 bridgehead atoms. The summed E-state index contributed by atoms with van der Waals surface area (Å²) in [6.07, 6.45) is 1.61. The van der Waals surface area contributed by atoms with Crippen LogP contribution in [0.4, 0.5) is 22.2 Å². The smallest absolute Gasteiger partial charge is 0.250 e. The Morgan fingerprint density at radius 1 is 1.04 bits per heavy atom. The number of nitrogen functional groups attached to an aromatic ring is 1. The van der Waals surface area contributed by atoms with Gasteiger partial charge < -0.3 is 10.5 Å². The third-order valence-electron chi connectivity index (χ3n) is 3.55. The van der Waals surface area contributed by atoms with Crippen molar-refractivity contribution in [2.75, 3.05) is 23.7 Å². The first kappa shape index (κ1) is 19.0. The Kier molecular flexibility index (Phi) is 6.26. The SMILES string of the molecule is COc1ccc(C=NNc2nc(N)nc(NNCc3ccc(F)cc3)n2)cc1. The molecule has 28 heavy (non-hydrogen) atoms. The lowest BCUT2D eigenvalue weighted by Crippen LogP contribution is -2.23. The summed E-state index contributed by atoms with van der Waals surface area (Å²) in [6, 6.07) is 13.5. The summed E-state index contributed by atoms with van der Waals surface area (Å²) in [4.78, 5) is 12.1. The molecule has 9 nitrogen and oxygen atoms in total. The van der Waals surface area contributed by atoms with Crippen molar-refractivity contribution in [2.24, 2.45) is 5.10 Å². The summed E-state index contributed by atoms with van der Waals surface area (Å²) in [5.41, 5.74) is 15.9. The second kappa shape index (κ2) is 9.24. The highest BCUT2D eigenvalue weighted by Crippen LogP contribution is 2.10. The molecule has 0 aliphatic rings. The zero-order valence-electron chi connectivity index (χ0n) is 15.1. The minimum absolute atomic E-state index is 0.0308. The van der Waals surface area contributed by atoms with Crippen molar-refractivity contribution in [1.82, 2.24) is 20.4 Å². The zero-order valence-corrected chi connectivity index (χ0v) is 15.1. The van der Waals surface area contributed by atoms with E-state index in [0.29, 0.717) is 6.54 Å². The van der Waals surface area contributed by atoms with Gasteiger partial charge in [-0.05, 0) is 47.5 Å². The van der Waals surface area contributed by atoms with E-state index in [0.717, 1.165) is 16.9 Å². The van der Waals surface area contributed by atoms with E-state index < -0.39 is 0 Å². The lowest BCUT2D eigenvalue weighted by Gasteiger charge is -2.08. The highest BCUT2D eigenvalue weighted by Gasteiger charge is 2.03. The van der Waals surface area contributed by atoms with Gasteiger partial charge in [0.15, 0.2) is 0 Å². The first-order valence-corrected chi connectivity index (χ1v) is 8.30. The van der Waals surface area contributed by atoms with Crippen molar-refractivity contribution >= 4 is 24.1 Å². The van der Waals surface area contributed by atoms with Crippen LogP contribution in [0, 0.1) is 5.82 Å². The van der Waals surface area contributed by atoms with Crippen LogP contribution in [-0.2, 0) is 6.54 Å². The van der Waals surface area contributed by atoms with Crippen LogP contribution >= 0.6 is 0 Å². The molecular weight excluding hydrogens is 363 g/mol. The topological polar surface area (TPSA) is 122 Å². The van der Waals surface area contributed by atoms with Gasteiger partial charge in [0.25, 0.3) is 0 Å². The van der Waals surface area contributed by atoms with Gasteiger partial charge in [-0.1, -0.05) is 12.1 Å². The Balaban J connectivity index is 1.56. The van der Waals surface area contributed by atoms with Gasteiger partial charge in [0.2, 0.25) is 17.8 Å². The number of nitrogens with one attached hydrogen (secondary N) is 3. The third kappa shape index (κ3) is 5.61. The fourth-order valence-corrected chi connectivity index (χ4v) is 2.18. The maximum absolute atomic E-state index is 12.9. The van der Waals surface area contributed by atoms with Gasteiger partial charge in [-0.2, -0.15) is 20.1 Å². The Morgan fingerprint density at radius 3 is 2.46 bits per heavy atom. The molecule has 0 spiro atoms. The van der Waals surface area contributed by atoms with Crippen LogP contribution in [0.2, 0.25) is 0 Å². The van der Waals surface area contributed by atoms with Crippen molar-refractivity contribution in [3.05, 3.63) is 65.5 Å². The van der Waals surface area contributed by atoms with E-state index >= 15 is 0 Å². The fourth-order valence-electron chi connectivity index (χ4n) is 2.18. The maximum Gasteiger partial charge on any atom is 0.250 e. The molecule has 2 aromatic carbocycles. The van der Waals surface area contributed by atoms with Crippen molar-refractivity contribution < 1.29 is 9.13 Å². The van der Waals surface area contributed by atoms with Crippen LogP contribution < -0.4 is 26.7 Å². The van der Waals surface area contributed by atoms with E-state index in [4.69, 9.17) is 10.5 Å². The second-order valence-electron chi connectivity index (χ2n) is 5.59. The number of benzene rings is 2. The predicted molar refractivity (Wildman–Crippen MR) is 105 cm³/mol. The molecule has 0 saturated carbocycles. The predicted octanol–water partition coefficient (Wildman–Crippen LogP) is 2.16. The summed E-state index contributed by atoms with van der Waals surface area (Å²) in [7, 11) is 1.61. The standard InChI is InChI=1S/C18H19FN8O/c1-28-15-8-4-13(5-9-15)11-22-27-18-24-16(20)23-17(25-18)26-21-10-12-2-6-14(19)7-3-12/h2-9,11,21H,10H2,1H3,(H4,20,23,24,25,26,27). The molecule has 0 fully saturated rings. The lowest BCUT2D eigenvalue weighted by atomic mass is 10.2. The molecule has 3 rings (SSSR count). The van der Waals surface area contributed by atoms with Crippen molar-refractivity contribution in [3.8, 4) is 5.75 Å². The fraction of sp³-hybridized carbons (Fsp3) is 0.111. The number of nitrogens with two attached hydrogens (primary N) is 1. The van der Waals surface area contributed by atoms with Gasteiger partial charge >= 0.3 is 0 Å². The molecule has 1 aromatic heterocycles. The number of ether oxygens (including phenoxy) is 1. The summed E-state index contributed by atoms with van der Waals surface area (Å²) in [5, 5.41) is 4.08. The number of hydrazone groups is 1. The number of aromatic nitrogens is 3. The molecule has 1 heterocycles. The summed E-state index contributed by atoms with van der Waals surface area (Å²) in [6.45, 7) is 0.435. The van der Waals surface area contributed by atoms with E-state index in [1.807, 2.05) is 24.3 Å². The van der Waals surface area contributed by atoms with E-state index in [2.05, 4.69) is 36.3 Å². The van der Waals surface area contributed by atoms with Crippen molar-refractivity contribution in [1.29, 1.82) is 0 Å². The number of methoxy groups -OCH3 is 1. The molecule has 5 N–H and O–H groups in total. The number of halogens is 1. The van der Waals surface area contributed by atoms with Gasteiger partial charge in [0.05, 0.1) is 13.3 Å². The summed E-state index contributed by atoms with van der Waals surface area (Å²) >= 11 is 0. The van der Waals surface area contributed by atoms with Crippen LogP contribution in [0.1, 0.15) is 11.1 Å². The minimum atomic E-state index is -0.284. The van der Waals surface area contributed by atoms with Gasteiger partial charge in [0, 0.05) is 6.54 Å².